The molecule has 0 aliphatic heterocycles. The van der Waals surface area contributed by atoms with E-state index in [2.05, 4.69) is 21.2 Å². The van der Waals surface area contributed by atoms with Gasteiger partial charge in [-0.3, -0.25) is 4.79 Å². The molecule has 1 aromatic rings. The third-order valence-corrected chi connectivity index (χ3v) is 3.96. The van der Waals surface area contributed by atoms with Crippen molar-refractivity contribution in [2.45, 2.75) is 19.8 Å². The van der Waals surface area contributed by atoms with Gasteiger partial charge in [0, 0.05) is 11.9 Å². The fourth-order valence-corrected chi connectivity index (χ4v) is 1.95. The highest BCUT2D eigenvalue weighted by atomic mass is 79.9. The lowest BCUT2D eigenvalue weighted by molar-refractivity contribution is 0.0941. The van der Waals surface area contributed by atoms with E-state index in [1.807, 2.05) is 6.92 Å². The van der Waals surface area contributed by atoms with Gasteiger partial charge in [-0.2, -0.15) is 0 Å². The molecule has 2 nitrogen and oxygen atoms in total. The molecule has 0 saturated carbocycles. The van der Waals surface area contributed by atoms with Gasteiger partial charge in [-0.25, -0.2) is 22.0 Å². The molecule has 0 aliphatic carbocycles. The highest BCUT2D eigenvalue weighted by Crippen LogP contribution is 2.22. The van der Waals surface area contributed by atoms with E-state index in [9.17, 15) is 26.7 Å². The molecule has 1 N–H and O–H groups in total. The second-order valence-electron chi connectivity index (χ2n) is 4.60. The van der Waals surface area contributed by atoms with Crippen LogP contribution in [0.25, 0.3) is 0 Å². The van der Waals surface area contributed by atoms with Crippen molar-refractivity contribution < 1.29 is 26.7 Å². The molecule has 0 fully saturated rings. The normalized spacial score (nSPS) is 12.3. The van der Waals surface area contributed by atoms with Gasteiger partial charge in [-0.15, -0.1) is 0 Å². The Kier molecular flexibility index (Phi) is 6.57. The summed E-state index contributed by atoms with van der Waals surface area (Å²) >= 11 is 3.27. The van der Waals surface area contributed by atoms with E-state index in [1.165, 1.54) is 0 Å². The molecule has 0 bridgehead atoms. The monoisotopic (exact) mass is 373 g/mol. The molecule has 1 aromatic carbocycles. The summed E-state index contributed by atoms with van der Waals surface area (Å²) in [5, 5.41) is 2.91. The maximum Gasteiger partial charge on any atom is 0.257 e. The van der Waals surface area contributed by atoms with Crippen LogP contribution in [0.2, 0.25) is 0 Å². The number of carbonyl (C=O) groups excluding carboxylic acids is 1. The first-order chi connectivity index (χ1) is 9.81. The zero-order valence-electron chi connectivity index (χ0n) is 11.1. The van der Waals surface area contributed by atoms with E-state index in [-0.39, 0.29) is 6.54 Å². The van der Waals surface area contributed by atoms with Crippen molar-refractivity contribution in [1.29, 1.82) is 0 Å². The number of alkyl halides is 1. The SMILES string of the molecule is CC(CBr)CCCNC(=O)c1c(F)c(F)c(F)c(F)c1F. The molecule has 1 unspecified atom stereocenters. The average Bonchev–Trinajstić information content (AvgIpc) is 2.47. The Bertz CT molecular complexity index is 509. The average molecular weight is 374 g/mol. The van der Waals surface area contributed by atoms with Gasteiger partial charge in [0.2, 0.25) is 5.82 Å². The summed E-state index contributed by atoms with van der Waals surface area (Å²) < 4.78 is 65.5. The van der Waals surface area contributed by atoms with Gasteiger partial charge >= 0.3 is 0 Å². The van der Waals surface area contributed by atoms with Crippen LogP contribution in [0.15, 0.2) is 0 Å². The van der Waals surface area contributed by atoms with Crippen molar-refractivity contribution >= 4 is 21.8 Å². The number of hydrogen-bond acceptors (Lipinski definition) is 1. The highest BCUT2D eigenvalue weighted by molar-refractivity contribution is 9.09. The fourth-order valence-electron chi connectivity index (χ4n) is 1.62. The Balaban J connectivity index is 2.80. The molecule has 0 heterocycles. The van der Waals surface area contributed by atoms with Crippen molar-refractivity contribution in [1.82, 2.24) is 5.32 Å². The highest BCUT2D eigenvalue weighted by Gasteiger charge is 2.29. The van der Waals surface area contributed by atoms with Crippen molar-refractivity contribution in [2.24, 2.45) is 5.92 Å². The zero-order chi connectivity index (χ0) is 16.2. The largest absolute Gasteiger partial charge is 0.352 e. The number of benzene rings is 1. The van der Waals surface area contributed by atoms with E-state index in [0.717, 1.165) is 11.8 Å². The molecule has 118 valence electrons. The first kappa shape index (κ1) is 17.9. The Labute approximate surface area is 126 Å². The molecule has 0 saturated heterocycles. The molecule has 0 aromatic heterocycles. The van der Waals surface area contributed by atoms with E-state index in [0.29, 0.717) is 12.3 Å². The van der Waals surface area contributed by atoms with Crippen molar-refractivity contribution in [3.05, 3.63) is 34.6 Å². The smallest absolute Gasteiger partial charge is 0.257 e. The molecular formula is C13H13BrF5NO. The summed E-state index contributed by atoms with van der Waals surface area (Å²) in [6, 6.07) is 0. The van der Waals surface area contributed by atoms with Crippen molar-refractivity contribution in [2.75, 3.05) is 11.9 Å². The van der Waals surface area contributed by atoms with Crippen LogP contribution in [0, 0.1) is 35.0 Å². The Hall–Kier alpha value is -1.18. The second kappa shape index (κ2) is 7.72. The van der Waals surface area contributed by atoms with Gasteiger partial charge in [0.15, 0.2) is 23.3 Å². The van der Waals surface area contributed by atoms with Gasteiger partial charge < -0.3 is 5.32 Å². The summed E-state index contributed by atoms with van der Waals surface area (Å²) in [7, 11) is 0. The van der Waals surface area contributed by atoms with Crippen LogP contribution in [0.4, 0.5) is 22.0 Å². The third kappa shape index (κ3) is 4.15. The lowest BCUT2D eigenvalue weighted by atomic mass is 10.1. The number of halogens is 6. The van der Waals surface area contributed by atoms with E-state index >= 15 is 0 Å². The number of hydrogen-bond donors (Lipinski definition) is 1. The summed E-state index contributed by atoms with van der Waals surface area (Å²) in [5.74, 6) is -11.8. The lowest BCUT2D eigenvalue weighted by Crippen LogP contribution is -2.28. The maximum atomic E-state index is 13.4. The molecule has 1 amide bonds. The predicted molar refractivity (Wildman–Crippen MR) is 70.8 cm³/mol. The van der Waals surface area contributed by atoms with Crippen LogP contribution in [-0.4, -0.2) is 17.8 Å². The lowest BCUT2D eigenvalue weighted by Gasteiger charge is -2.10. The second-order valence-corrected chi connectivity index (χ2v) is 5.25. The minimum Gasteiger partial charge on any atom is -0.352 e. The number of carbonyl (C=O) groups is 1. The Morgan fingerprint density at radius 3 is 2.00 bits per heavy atom. The molecule has 1 atom stereocenters. The number of nitrogens with one attached hydrogen (secondary N) is 1. The summed E-state index contributed by atoms with van der Waals surface area (Å²) in [6.45, 7) is 2.04. The fraction of sp³-hybridized carbons (Fsp3) is 0.462. The van der Waals surface area contributed by atoms with E-state index in [4.69, 9.17) is 0 Å². The van der Waals surface area contributed by atoms with Crippen LogP contribution in [-0.2, 0) is 0 Å². The molecule has 0 radical (unpaired) electrons. The predicted octanol–water partition coefficient (Wildman–Crippen LogP) is 3.92. The van der Waals surface area contributed by atoms with Crippen LogP contribution in [0.1, 0.15) is 30.1 Å². The Morgan fingerprint density at radius 1 is 1.05 bits per heavy atom. The topological polar surface area (TPSA) is 29.1 Å². The van der Waals surface area contributed by atoms with Crippen LogP contribution < -0.4 is 5.32 Å². The van der Waals surface area contributed by atoms with E-state index < -0.39 is 40.6 Å². The van der Waals surface area contributed by atoms with Crippen LogP contribution >= 0.6 is 15.9 Å². The van der Waals surface area contributed by atoms with Gasteiger partial charge in [-0.05, 0) is 18.8 Å². The quantitative estimate of drug-likeness (QED) is 0.264. The number of rotatable bonds is 6. The summed E-state index contributed by atoms with van der Waals surface area (Å²) in [4.78, 5) is 11.6. The molecule has 0 aliphatic rings. The molecule has 0 spiro atoms. The van der Waals surface area contributed by atoms with Crippen molar-refractivity contribution in [3.8, 4) is 0 Å². The molecule has 21 heavy (non-hydrogen) atoms. The maximum absolute atomic E-state index is 13.4. The van der Waals surface area contributed by atoms with E-state index in [1.54, 1.807) is 0 Å². The van der Waals surface area contributed by atoms with Crippen LogP contribution in [0.5, 0.6) is 0 Å². The van der Waals surface area contributed by atoms with Gasteiger partial charge in [0.1, 0.15) is 5.56 Å². The summed E-state index contributed by atoms with van der Waals surface area (Å²) in [6.07, 6.45) is 1.26. The Morgan fingerprint density at radius 2 is 1.52 bits per heavy atom. The molecular weight excluding hydrogens is 361 g/mol. The van der Waals surface area contributed by atoms with Crippen molar-refractivity contribution in [3.63, 3.8) is 0 Å². The minimum absolute atomic E-state index is 0.0790. The molecule has 1 rings (SSSR count). The number of amides is 1. The first-order valence-corrected chi connectivity index (χ1v) is 7.29. The van der Waals surface area contributed by atoms with Gasteiger partial charge in [-0.1, -0.05) is 22.9 Å². The minimum atomic E-state index is -2.28. The standard InChI is InChI=1S/C13H13BrF5NO/c1-6(5-14)3-2-4-20-13(21)7-8(15)10(17)12(19)11(18)9(7)16/h6H,2-5H2,1H3,(H,20,21). The third-order valence-electron chi connectivity index (χ3n) is 2.86. The zero-order valence-corrected chi connectivity index (χ0v) is 12.7. The van der Waals surface area contributed by atoms with Gasteiger partial charge in [0.05, 0.1) is 0 Å². The molecule has 8 heteroatoms. The summed E-state index contributed by atoms with van der Waals surface area (Å²) in [5.41, 5.74) is -1.46. The van der Waals surface area contributed by atoms with Gasteiger partial charge in [0.25, 0.3) is 5.91 Å². The first-order valence-electron chi connectivity index (χ1n) is 6.16. The van der Waals surface area contributed by atoms with Crippen LogP contribution in [0.3, 0.4) is 0 Å².